The molecule has 0 heterocycles. The van der Waals surface area contributed by atoms with E-state index >= 15 is 0 Å². The molecule has 2 rings (SSSR count). The summed E-state index contributed by atoms with van der Waals surface area (Å²) < 4.78 is 16.4. The van der Waals surface area contributed by atoms with Crippen LogP contribution in [0.3, 0.4) is 0 Å². The zero-order valence-corrected chi connectivity index (χ0v) is 18.6. The maximum atomic E-state index is 13.0. The van der Waals surface area contributed by atoms with Crippen LogP contribution in [0.1, 0.15) is 27.2 Å². The van der Waals surface area contributed by atoms with Gasteiger partial charge in [-0.05, 0) is 30.6 Å². The number of ether oxygens (including phenoxy) is 2. The average Bonchev–Trinajstić information content (AvgIpc) is 2.67. The summed E-state index contributed by atoms with van der Waals surface area (Å²) in [6.45, 7) is 10.2. The van der Waals surface area contributed by atoms with E-state index in [4.69, 9.17) is 13.9 Å². The Hall–Kier alpha value is -1.80. The summed E-state index contributed by atoms with van der Waals surface area (Å²) in [6.07, 6.45) is 2.00. The number of carbonyl (C=O) groups excluding carboxylic acids is 4. The van der Waals surface area contributed by atoms with E-state index in [1.54, 1.807) is 0 Å². The maximum absolute atomic E-state index is 13.0. The van der Waals surface area contributed by atoms with Crippen LogP contribution in [0.4, 0.5) is 0 Å². The molecule has 2 aliphatic rings. The van der Waals surface area contributed by atoms with Crippen molar-refractivity contribution in [3.05, 3.63) is 12.2 Å². The summed E-state index contributed by atoms with van der Waals surface area (Å²) in [4.78, 5) is 50.7. The van der Waals surface area contributed by atoms with Crippen molar-refractivity contribution in [3.63, 3.8) is 0 Å². The third kappa shape index (κ3) is 3.98. The Kier molecular flexibility index (Phi) is 6.35. The highest BCUT2D eigenvalue weighted by Crippen LogP contribution is 2.44. The molecule has 1 fully saturated rings. The Morgan fingerprint density at radius 1 is 1.04 bits per heavy atom. The molecule has 0 aromatic carbocycles. The molecule has 0 spiro atoms. The zero-order chi connectivity index (χ0) is 21.4. The van der Waals surface area contributed by atoms with E-state index in [1.165, 1.54) is 26.4 Å². The highest BCUT2D eigenvalue weighted by atomic mass is 28.4. The van der Waals surface area contributed by atoms with Gasteiger partial charge in [-0.15, -0.1) is 0 Å². The van der Waals surface area contributed by atoms with Crippen LogP contribution in [0.5, 0.6) is 0 Å². The first-order chi connectivity index (χ1) is 12.9. The molecule has 0 unspecified atom stereocenters. The molecule has 0 N–H and O–H groups in total. The van der Waals surface area contributed by atoms with Crippen LogP contribution in [0, 0.1) is 23.7 Å². The van der Waals surface area contributed by atoms with Crippen molar-refractivity contribution in [1.82, 2.24) is 0 Å². The number of methoxy groups -OCH3 is 2. The monoisotopic (exact) mass is 410 g/mol. The number of rotatable bonds is 4. The van der Waals surface area contributed by atoms with Crippen LogP contribution in [-0.2, 0) is 33.1 Å². The smallest absolute Gasteiger partial charge is 0.312 e. The summed E-state index contributed by atoms with van der Waals surface area (Å²) in [6, 6.07) is 0. The molecule has 28 heavy (non-hydrogen) atoms. The average molecular weight is 411 g/mol. The molecule has 0 radical (unpaired) electrons. The molecule has 0 aromatic heterocycles. The molecule has 2 aliphatic carbocycles. The topological polar surface area (TPSA) is 96.0 Å². The fourth-order valence-electron chi connectivity index (χ4n) is 3.68. The van der Waals surface area contributed by atoms with Gasteiger partial charge in [0.25, 0.3) is 0 Å². The molecule has 0 saturated heterocycles. The second kappa shape index (κ2) is 7.91. The van der Waals surface area contributed by atoms with Gasteiger partial charge in [0.05, 0.1) is 44.0 Å². The molecule has 8 heteroatoms. The van der Waals surface area contributed by atoms with Crippen molar-refractivity contribution < 1.29 is 33.1 Å². The Balaban J connectivity index is 2.61. The van der Waals surface area contributed by atoms with E-state index in [-0.39, 0.29) is 23.0 Å². The van der Waals surface area contributed by atoms with Gasteiger partial charge in [0.15, 0.2) is 19.9 Å². The summed E-state index contributed by atoms with van der Waals surface area (Å²) in [5, 5.41) is -0.165. The largest absolute Gasteiger partial charge is 0.469 e. The van der Waals surface area contributed by atoms with Crippen LogP contribution in [-0.4, -0.2) is 52.1 Å². The molecular weight excluding hydrogens is 380 g/mol. The van der Waals surface area contributed by atoms with E-state index in [2.05, 4.69) is 20.8 Å². The Morgan fingerprint density at radius 2 is 1.57 bits per heavy atom. The second-order valence-corrected chi connectivity index (χ2v) is 13.7. The van der Waals surface area contributed by atoms with Crippen LogP contribution < -0.4 is 0 Å². The molecule has 1 saturated carbocycles. The molecular formula is C20H30O7Si. The van der Waals surface area contributed by atoms with Crippen LogP contribution in [0.2, 0.25) is 18.1 Å². The minimum atomic E-state index is -2.38. The molecule has 5 atom stereocenters. The number of hydrogen-bond acceptors (Lipinski definition) is 7. The fourth-order valence-corrected chi connectivity index (χ4v) is 5.04. The SMILES string of the molecule is COC(=O)[C@@H]1[C@@H](C(=O)OC)[C@H]2C=CC(=O)[C@@H](C[C@@H]1O[Si](C)(C)C(C)(C)C)C2=O. The van der Waals surface area contributed by atoms with Crippen molar-refractivity contribution in [2.45, 2.75) is 51.4 Å². The van der Waals surface area contributed by atoms with Crippen molar-refractivity contribution >= 4 is 31.8 Å². The van der Waals surface area contributed by atoms with Crippen LogP contribution in [0.15, 0.2) is 12.2 Å². The predicted octanol–water partition coefficient (Wildman–Crippen LogP) is 2.30. The first-order valence-corrected chi connectivity index (χ1v) is 12.4. The van der Waals surface area contributed by atoms with E-state index in [0.29, 0.717) is 0 Å². The standard InChI is InChI=1S/C20H30O7Si/c1-20(2,3)28(6,7)27-14-10-12-13(21)9-8-11(17(12)22)15(18(23)25-4)16(14)19(24)26-5/h8-9,11-12,14-16H,10H2,1-7H3/t11-,12-,14+,15+,16+/m1/s1. The van der Waals surface area contributed by atoms with Crippen molar-refractivity contribution in [2.24, 2.45) is 23.7 Å². The van der Waals surface area contributed by atoms with Gasteiger partial charge in [-0.3, -0.25) is 19.2 Å². The highest BCUT2D eigenvalue weighted by molar-refractivity contribution is 6.74. The van der Waals surface area contributed by atoms with E-state index in [1.807, 2.05) is 13.1 Å². The third-order valence-corrected chi connectivity index (χ3v) is 10.8. The maximum Gasteiger partial charge on any atom is 0.312 e. The number of fused-ring (bicyclic) bond motifs is 2. The van der Waals surface area contributed by atoms with Gasteiger partial charge >= 0.3 is 11.9 Å². The Morgan fingerprint density at radius 3 is 2.07 bits per heavy atom. The fraction of sp³-hybridized carbons (Fsp3) is 0.700. The van der Waals surface area contributed by atoms with E-state index in [9.17, 15) is 19.2 Å². The van der Waals surface area contributed by atoms with Crippen molar-refractivity contribution in [2.75, 3.05) is 14.2 Å². The van der Waals surface area contributed by atoms with Crippen molar-refractivity contribution in [1.29, 1.82) is 0 Å². The number of Topliss-reactive ketones (excluding diaryl/α,β-unsaturated/α-hetero) is 1. The quantitative estimate of drug-likeness (QED) is 0.398. The minimum absolute atomic E-state index is 0.0538. The minimum Gasteiger partial charge on any atom is -0.469 e. The number of esters is 2. The summed E-state index contributed by atoms with van der Waals surface area (Å²) in [7, 11) is 0.0687. The molecule has 2 bridgehead atoms. The third-order valence-electron chi connectivity index (χ3n) is 6.32. The lowest BCUT2D eigenvalue weighted by molar-refractivity contribution is -0.163. The zero-order valence-electron chi connectivity index (χ0n) is 17.6. The summed E-state index contributed by atoms with van der Waals surface area (Å²) in [5.74, 6) is -5.95. The number of carbonyl (C=O) groups is 4. The molecule has 0 aromatic rings. The van der Waals surface area contributed by atoms with Gasteiger partial charge in [0, 0.05) is 0 Å². The Bertz CT molecular complexity index is 704. The van der Waals surface area contributed by atoms with Gasteiger partial charge in [0.1, 0.15) is 0 Å². The normalized spacial score (nSPS) is 30.6. The van der Waals surface area contributed by atoms with Gasteiger partial charge < -0.3 is 13.9 Å². The summed E-state index contributed by atoms with van der Waals surface area (Å²) >= 11 is 0. The highest BCUT2D eigenvalue weighted by Gasteiger charge is 2.56. The van der Waals surface area contributed by atoms with Crippen LogP contribution >= 0.6 is 0 Å². The molecule has 156 valence electrons. The van der Waals surface area contributed by atoms with Gasteiger partial charge in [-0.2, -0.15) is 0 Å². The lowest BCUT2D eigenvalue weighted by atomic mass is 9.76. The second-order valence-electron chi connectivity index (χ2n) is 8.99. The van der Waals surface area contributed by atoms with Crippen molar-refractivity contribution in [3.8, 4) is 0 Å². The summed E-state index contributed by atoms with van der Waals surface area (Å²) in [5.41, 5.74) is 0. The van der Waals surface area contributed by atoms with Gasteiger partial charge in [-0.25, -0.2) is 0 Å². The van der Waals surface area contributed by atoms with Crippen LogP contribution in [0.25, 0.3) is 0 Å². The predicted molar refractivity (Wildman–Crippen MR) is 104 cm³/mol. The van der Waals surface area contributed by atoms with E-state index in [0.717, 1.165) is 0 Å². The van der Waals surface area contributed by atoms with E-state index < -0.39 is 50.0 Å². The number of ketones is 2. The molecule has 0 amide bonds. The Labute approximate surface area is 166 Å². The van der Waals surface area contributed by atoms with Gasteiger partial charge in [0.2, 0.25) is 0 Å². The molecule has 0 aliphatic heterocycles. The van der Waals surface area contributed by atoms with Gasteiger partial charge in [-0.1, -0.05) is 26.8 Å². The number of allylic oxidation sites excluding steroid dienone is 2. The lowest BCUT2D eigenvalue weighted by Crippen LogP contribution is -2.50. The first-order valence-electron chi connectivity index (χ1n) is 9.45. The first kappa shape index (κ1) is 22.5. The molecule has 7 nitrogen and oxygen atoms in total. The number of hydrogen-bond donors (Lipinski definition) is 0. The lowest BCUT2D eigenvalue weighted by Gasteiger charge is -2.41.